The third-order valence-corrected chi connectivity index (χ3v) is 6.70. The Balaban J connectivity index is 1.26. The number of methoxy groups -OCH3 is 1. The van der Waals surface area contributed by atoms with Gasteiger partial charge in [-0.3, -0.25) is 9.69 Å². The molecule has 1 aromatic heterocycles. The van der Waals surface area contributed by atoms with Crippen LogP contribution in [-0.4, -0.2) is 47.5 Å². The molecule has 1 N–H and O–H groups in total. The summed E-state index contributed by atoms with van der Waals surface area (Å²) in [7, 11) is 1.74. The molecule has 4 rings (SSSR count). The third kappa shape index (κ3) is 6.95. The SMILES string of the molecule is COc1ccccc1CC1CCN(CNC(=O)Cc2cc(CC(C)C)n(-c3ccccc3)n2)CC1. The topological polar surface area (TPSA) is 59.4 Å². The lowest BCUT2D eigenvalue weighted by Crippen LogP contribution is -2.42. The number of nitrogens with one attached hydrogen (secondary N) is 1. The third-order valence-electron chi connectivity index (χ3n) is 6.70. The molecule has 186 valence electrons. The molecule has 1 fully saturated rings. The van der Waals surface area contributed by atoms with Crippen LogP contribution in [0, 0.1) is 11.8 Å². The van der Waals surface area contributed by atoms with Crippen molar-refractivity contribution in [1.82, 2.24) is 20.0 Å². The van der Waals surface area contributed by atoms with Crippen molar-refractivity contribution in [3.05, 3.63) is 77.6 Å². The van der Waals surface area contributed by atoms with Gasteiger partial charge in [-0.2, -0.15) is 5.10 Å². The molecule has 0 atom stereocenters. The van der Waals surface area contributed by atoms with Crippen LogP contribution in [0.15, 0.2) is 60.7 Å². The van der Waals surface area contributed by atoms with E-state index in [9.17, 15) is 4.79 Å². The molecule has 0 bridgehead atoms. The maximum atomic E-state index is 12.7. The molecule has 2 heterocycles. The van der Waals surface area contributed by atoms with Crippen molar-refractivity contribution in [2.24, 2.45) is 11.8 Å². The molecule has 0 unspecified atom stereocenters. The summed E-state index contributed by atoms with van der Waals surface area (Å²) in [5.74, 6) is 2.17. The van der Waals surface area contributed by atoms with Gasteiger partial charge in [0.1, 0.15) is 5.75 Å². The molecule has 1 saturated heterocycles. The summed E-state index contributed by atoms with van der Waals surface area (Å²) in [6.07, 6.45) is 4.54. The number of amides is 1. The summed E-state index contributed by atoms with van der Waals surface area (Å²) in [4.78, 5) is 15.0. The first-order chi connectivity index (χ1) is 17.0. The number of rotatable bonds is 10. The lowest BCUT2D eigenvalue weighted by Gasteiger charge is -2.32. The van der Waals surface area contributed by atoms with Crippen molar-refractivity contribution in [1.29, 1.82) is 0 Å². The van der Waals surface area contributed by atoms with E-state index in [4.69, 9.17) is 9.84 Å². The second-order valence-electron chi connectivity index (χ2n) is 9.98. The summed E-state index contributed by atoms with van der Waals surface area (Å²) >= 11 is 0. The first-order valence-electron chi connectivity index (χ1n) is 12.8. The monoisotopic (exact) mass is 474 g/mol. The fourth-order valence-corrected chi connectivity index (χ4v) is 4.88. The number of benzene rings is 2. The van der Waals surface area contributed by atoms with E-state index in [1.807, 2.05) is 35.0 Å². The van der Waals surface area contributed by atoms with E-state index < -0.39 is 0 Å². The number of para-hydroxylation sites is 2. The van der Waals surface area contributed by atoms with Gasteiger partial charge in [-0.05, 0) is 67.3 Å². The van der Waals surface area contributed by atoms with Crippen LogP contribution in [0.5, 0.6) is 5.75 Å². The van der Waals surface area contributed by atoms with E-state index in [0.717, 1.165) is 61.6 Å². The normalized spacial score (nSPS) is 14.9. The van der Waals surface area contributed by atoms with Crippen molar-refractivity contribution in [2.45, 2.75) is 46.0 Å². The Morgan fingerprint density at radius 2 is 1.80 bits per heavy atom. The molecule has 6 heteroatoms. The first kappa shape index (κ1) is 25.0. The molecule has 1 aliphatic heterocycles. The van der Waals surface area contributed by atoms with Crippen molar-refractivity contribution in [3.63, 3.8) is 0 Å². The number of carbonyl (C=O) groups is 1. The van der Waals surface area contributed by atoms with Gasteiger partial charge in [0, 0.05) is 18.8 Å². The van der Waals surface area contributed by atoms with Crippen molar-refractivity contribution >= 4 is 5.91 Å². The average molecular weight is 475 g/mol. The second-order valence-corrected chi connectivity index (χ2v) is 9.98. The lowest BCUT2D eigenvalue weighted by atomic mass is 9.90. The molecule has 0 radical (unpaired) electrons. The van der Waals surface area contributed by atoms with Gasteiger partial charge < -0.3 is 10.1 Å². The number of hydrogen-bond acceptors (Lipinski definition) is 4. The number of likely N-dealkylation sites (tertiary alicyclic amines) is 1. The lowest BCUT2D eigenvalue weighted by molar-refractivity contribution is -0.121. The van der Waals surface area contributed by atoms with E-state index >= 15 is 0 Å². The molecule has 1 amide bonds. The van der Waals surface area contributed by atoms with Crippen LogP contribution in [0.25, 0.3) is 5.69 Å². The number of piperidine rings is 1. The van der Waals surface area contributed by atoms with Crippen LogP contribution in [0.4, 0.5) is 0 Å². The molecule has 6 nitrogen and oxygen atoms in total. The summed E-state index contributed by atoms with van der Waals surface area (Å²) in [6, 6.07) is 20.5. The molecule has 0 aliphatic carbocycles. The zero-order chi connectivity index (χ0) is 24.6. The molecule has 35 heavy (non-hydrogen) atoms. The maximum absolute atomic E-state index is 12.7. The average Bonchev–Trinajstić information content (AvgIpc) is 3.25. The Hall–Kier alpha value is -3.12. The van der Waals surface area contributed by atoms with E-state index in [2.05, 4.69) is 54.4 Å². The van der Waals surface area contributed by atoms with Crippen LogP contribution in [0.2, 0.25) is 0 Å². The smallest absolute Gasteiger partial charge is 0.227 e. The largest absolute Gasteiger partial charge is 0.496 e. The summed E-state index contributed by atoms with van der Waals surface area (Å²) in [6.45, 7) is 7.00. The zero-order valence-corrected chi connectivity index (χ0v) is 21.2. The Morgan fingerprint density at radius 1 is 1.09 bits per heavy atom. The minimum absolute atomic E-state index is 0.0231. The highest BCUT2D eigenvalue weighted by molar-refractivity contribution is 5.78. The van der Waals surface area contributed by atoms with Gasteiger partial charge in [-0.1, -0.05) is 50.2 Å². The van der Waals surface area contributed by atoms with Crippen molar-refractivity contribution in [3.8, 4) is 11.4 Å². The Labute approximate surface area is 209 Å². The second kappa shape index (κ2) is 12.0. The van der Waals surface area contributed by atoms with Gasteiger partial charge >= 0.3 is 0 Å². The van der Waals surface area contributed by atoms with Crippen LogP contribution in [-0.2, 0) is 24.1 Å². The van der Waals surface area contributed by atoms with Gasteiger partial charge in [-0.15, -0.1) is 0 Å². The fraction of sp³-hybridized carbons (Fsp3) is 0.448. The minimum atomic E-state index is 0.0231. The molecular weight excluding hydrogens is 436 g/mol. The van der Waals surface area contributed by atoms with Crippen molar-refractivity contribution < 1.29 is 9.53 Å². The number of ether oxygens (including phenoxy) is 1. The summed E-state index contributed by atoms with van der Waals surface area (Å²) in [5.41, 5.74) is 4.28. The van der Waals surface area contributed by atoms with Gasteiger partial charge in [0.25, 0.3) is 0 Å². The van der Waals surface area contributed by atoms with Gasteiger partial charge in [-0.25, -0.2) is 4.68 Å². The predicted molar refractivity (Wildman–Crippen MR) is 140 cm³/mol. The first-order valence-corrected chi connectivity index (χ1v) is 12.8. The van der Waals surface area contributed by atoms with Crippen LogP contribution >= 0.6 is 0 Å². The van der Waals surface area contributed by atoms with Crippen LogP contribution in [0.3, 0.4) is 0 Å². The highest BCUT2D eigenvalue weighted by atomic mass is 16.5. The Kier molecular flexibility index (Phi) is 8.59. The standard InChI is InChI=1S/C29H38N4O2/c1-22(2)17-27-19-25(31-33(27)26-10-5-4-6-11-26)20-29(34)30-21-32-15-13-23(14-16-32)18-24-9-7-8-12-28(24)35-3/h4-12,19,22-23H,13-18,20-21H2,1-3H3,(H,30,34). The quantitative estimate of drug-likeness (QED) is 0.465. The van der Waals surface area contributed by atoms with E-state index in [0.29, 0.717) is 24.9 Å². The van der Waals surface area contributed by atoms with E-state index in [1.165, 1.54) is 5.56 Å². The van der Waals surface area contributed by atoms with Crippen LogP contribution in [0.1, 0.15) is 43.6 Å². The van der Waals surface area contributed by atoms with Crippen molar-refractivity contribution in [2.75, 3.05) is 26.9 Å². The summed E-state index contributed by atoms with van der Waals surface area (Å²) < 4.78 is 7.49. The van der Waals surface area contributed by atoms with Gasteiger partial charge in [0.05, 0.1) is 31.6 Å². The maximum Gasteiger partial charge on any atom is 0.227 e. The predicted octanol–water partition coefficient (Wildman–Crippen LogP) is 4.65. The highest BCUT2D eigenvalue weighted by Crippen LogP contribution is 2.26. The van der Waals surface area contributed by atoms with E-state index in [-0.39, 0.29) is 5.91 Å². The highest BCUT2D eigenvalue weighted by Gasteiger charge is 2.21. The van der Waals surface area contributed by atoms with Gasteiger partial charge in [0.2, 0.25) is 5.91 Å². The number of hydrogen-bond donors (Lipinski definition) is 1. The zero-order valence-electron chi connectivity index (χ0n) is 21.2. The van der Waals surface area contributed by atoms with E-state index in [1.54, 1.807) is 7.11 Å². The molecule has 1 aliphatic rings. The number of nitrogens with zero attached hydrogens (tertiary/aromatic N) is 3. The molecule has 0 saturated carbocycles. The molecular formula is C29H38N4O2. The number of carbonyl (C=O) groups excluding carboxylic acids is 1. The van der Waals surface area contributed by atoms with Gasteiger partial charge in [0.15, 0.2) is 0 Å². The summed E-state index contributed by atoms with van der Waals surface area (Å²) in [5, 5.41) is 7.87. The Morgan fingerprint density at radius 3 is 2.51 bits per heavy atom. The number of aromatic nitrogens is 2. The van der Waals surface area contributed by atoms with Crippen LogP contribution < -0.4 is 10.1 Å². The molecule has 0 spiro atoms. The molecule has 2 aromatic carbocycles. The minimum Gasteiger partial charge on any atom is -0.496 e. The Bertz CT molecular complexity index is 1090. The fourth-order valence-electron chi connectivity index (χ4n) is 4.88. The molecule has 3 aromatic rings.